The topological polar surface area (TPSA) is 83.9 Å². The van der Waals surface area contributed by atoms with Gasteiger partial charge in [0.15, 0.2) is 15.6 Å². The minimum Gasteiger partial charge on any atom is -0.489 e. The third kappa shape index (κ3) is 2.70. The molecule has 2 heterocycles. The van der Waals surface area contributed by atoms with E-state index in [0.717, 1.165) is 6.42 Å². The lowest BCUT2D eigenvalue weighted by Gasteiger charge is -2.39. The number of para-hydroxylation sites is 1. The van der Waals surface area contributed by atoms with Crippen molar-refractivity contribution in [2.75, 3.05) is 29.6 Å². The second-order valence-electron chi connectivity index (χ2n) is 5.41. The molecule has 1 aromatic rings. The van der Waals surface area contributed by atoms with Crippen molar-refractivity contribution in [3.8, 4) is 5.75 Å². The highest BCUT2D eigenvalue weighted by atomic mass is 32.2. The maximum Gasteiger partial charge on any atom is 0.339 e. The molecule has 3 rings (SSSR count). The molecular formula is C14H17NO5S. The number of nitrogens with zero attached hydrogens (tertiary/aromatic N) is 1. The second kappa shape index (κ2) is 5.22. The molecule has 0 spiro atoms. The van der Waals surface area contributed by atoms with E-state index in [1.54, 1.807) is 12.1 Å². The molecule has 0 saturated carbocycles. The van der Waals surface area contributed by atoms with Crippen molar-refractivity contribution >= 4 is 21.5 Å². The van der Waals surface area contributed by atoms with E-state index >= 15 is 0 Å². The van der Waals surface area contributed by atoms with Crippen LogP contribution >= 0.6 is 0 Å². The lowest BCUT2D eigenvalue weighted by molar-refractivity contribution is 0.0691. The van der Waals surface area contributed by atoms with Crippen LogP contribution in [0.3, 0.4) is 0 Å². The molecular weight excluding hydrogens is 294 g/mol. The van der Waals surface area contributed by atoms with Crippen LogP contribution in [-0.4, -0.2) is 50.2 Å². The monoisotopic (exact) mass is 311 g/mol. The summed E-state index contributed by atoms with van der Waals surface area (Å²) in [7, 11) is -3.01. The fraction of sp³-hybridized carbons (Fsp3) is 0.500. The maximum absolute atomic E-state index is 11.8. The summed E-state index contributed by atoms with van der Waals surface area (Å²) in [4.78, 5) is 13.3. The van der Waals surface area contributed by atoms with E-state index in [0.29, 0.717) is 31.0 Å². The van der Waals surface area contributed by atoms with Gasteiger partial charge in [-0.25, -0.2) is 13.2 Å². The Bertz CT molecular complexity index is 670. The largest absolute Gasteiger partial charge is 0.489 e. The van der Waals surface area contributed by atoms with Crippen molar-refractivity contribution < 1.29 is 23.1 Å². The smallest absolute Gasteiger partial charge is 0.339 e. The van der Waals surface area contributed by atoms with E-state index < -0.39 is 15.8 Å². The summed E-state index contributed by atoms with van der Waals surface area (Å²) in [6, 6.07) is 4.86. The highest BCUT2D eigenvalue weighted by molar-refractivity contribution is 7.91. The van der Waals surface area contributed by atoms with Crippen LogP contribution in [0.4, 0.5) is 5.69 Å². The molecule has 0 amide bonds. The molecule has 1 unspecified atom stereocenters. The highest BCUT2D eigenvalue weighted by Crippen LogP contribution is 2.37. The van der Waals surface area contributed by atoms with Crippen molar-refractivity contribution in [1.82, 2.24) is 0 Å². The number of carboxylic acid groups (broad SMARTS) is 1. The fourth-order valence-electron chi connectivity index (χ4n) is 3.06. The summed E-state index contributed by atoms with van der Waals surface area (Å²) in [5.74, 6) is -0.316. The Kier molecular flexibility index (Phi) is 3.52. The van der Waals surface area contributed by atoms with Gasteiger partial charge in [-0.15, -0.1) is 0 Å². The third-order valence-electron chi connectivity index (χ3n) is 3.99. The molecule has 114 valence electrons. The number of fused-ring (bicyclic) bond motifs is 1. The van der Waals surface area contributed by atoms with Crippen LogP contribution in [0.1, 0.15) is 23.2 Å². The lowest BCUT2D eigenvalue weighted by atomic mass is 10.1. The number of hydrogen-bond acceptors (Lipinski definition) is 5. The molecule has 1 atom stereocenters. The SMILES string of the molecule is O=C(O)c1cccc2c1OCCN2C1CCCS(=O)(=O)C1. The van der Waals surface area contributed by atoms with Gasteiger partial charge < -0.3 is 14.7 Å². The van der Waals surface area contributed by atoms with Crippen LogP contribution in [0.15, 0.2) is 18.2 Å². The zero-order valence-electron chi connectivity index (χ0n) is 11.5. The molecule has 0 aliphatic carbocycles. The fourth-order valence-corrected chi connectivity index (χ4v) is 4.77. The molecule has 2 aliphatic rings. The van der Waals surface area contributed by atoms with Crippen LogP contribution in [-0.2, 0) is 9.84 Å². The predicted octanol–water partition coefficient (Wildman–Crippen LogP) is 1.16. The first-order chi connectivity index (χ1) is 9.98. The van der Waals surface area contributed by atoms with E-state index in [1.807, 2.05) is 4.90 Å². The van der Waals surface area contributed by atoms with Crippen molar-refractivity contribution in [2.45, 2.75) is 18.9 Å². The Morgan fingerprint density at radius 1 is 1.38 bits per heavy atom. The van der Waals surface area contributed by atoms with Gasteiger partial charge in [-0.05, 0) is 25.0 Å². The molecule has 1 N–H and O–H groups in total. The summed E-state index contributed by atoms with van der Waals surface area (Å²) in [5.41, 5.74) is 0.805. The Morgan fingerprint density at radius 3 is 2.90 bits per heavy atom. The Morgan fingerprint density at radius 2 is 2.19 bits per heavy atom. The standard InChI is InChI=1S/C14H17NO5S/c16-14(17)11-4-1-5-12-13(11)20-7-6-15(12)10-3-2-8-21(18,19)9-10/h1,4-5,10H,2-3,6-9H2,(H,16,17). The second-order valence-corrected chi connectivity index (χ2v) is 7.64. The summed E-state index contributed by atoms with van der Waals surface area (Å²) in [6.07, 6.45) is 1.45. The molecule has 0 bridgehead atoms. The normalized spacial score (nSPS) is 24.0. The molecule has 1 saturated heterocycles. The quantitative estimate of drug-likeness (QED) is 0.882. The molecule has 6 nitrogen and oxygen atoms in total. The number of anilines is 1. The zero-order valence-corrected chi connectivity index (χ0v) is 12.3. The lowest BCUT2D eigenvalue weighted by Crippen LogP contribution is -2.47. The summed E-state index contributed by atoms with van der Waals surface area (Å²) in [6.45, 7) is 0.949. The van der Waals surface area contributed by atoms with Crippen LogP contribution < -0.4 is 9.64 Å². The van der Waals surface area contributed by atoms with Gasteiger partial charge in [-0.2, -0.15) is 0 Å². The number of ether oxygens (including phenoxy) is 1. The average molecular weight is 311 g/mol. The van der Waals surface area contributed by atoms with Gasteiger partial charge in [-0.1, -0.05) is 6.07 Å². The number of rotatable bonds is 2. The number of sulfone groups is 1. The van der Waals surface area contributed by atoms with E-state index in [9.17, 15) is 18.3 Å². The first kappa shape index (κ1) is 14.2. The first-order valence-corrected chi connectivity index (χ1v) is 8.76. The number of hydrogen-bond donors (Lipinski definition) is 1. The van der Waals surface area contributed by atoms with Crippen molar-refractivity contribution in [1.29, 1.82) is 0 Å². The molecule has 0 aromatic heterocycles. The van der Waals surface area contributed by atoms with Gasteiger partial charge in [-0.3, -0.25) is 0 Å². The highest BCUT2D eigenvalue weighted by Gasteiger charge is 2.33. The van der Waals surface area contributed by atoms with Gasteiger partial charge in [0.25, 0.3) is 0 Å². The minimum atomic E-state index is -3.01. The van der Waals surface area contributed by atoms with E-state index in [1.165, 1.54) is 6.07 Å². The molecule has 7 heteroatoms. The number of carbonyl (C=O) groups is 1. The molecule has 1 fully saturated rings. The van der Waals surface area contributed by atoms with Gasteiger partial charge in [0.1, 0.15) is 12.2 Å². The van der Waals surface area contributed by atoms with E-state index in [2.05, 4.69) is 0 Å². The van der Waals surface area contributed by atoms with Gasteiger partial charge in [0.05, 0.1) is 23.7 Å². The third-order valence-corrected chi connectivity index (χ3v) is 5.80. The number of carboxylic acids is 1. The van der Waals surface area contributed by atoms with Gasteiger partial charge in [0.2, 0.25) is 0 Å². The van der Waals surface area contributed by atoms with Gasteiger partial charge in [0, 0.05) is 6.04 Å². The Labute approximate surface area is 123 Å². The molecule has 2 aliphatic heterocycles. The van der Waals surface area contributed by atoms with Gasteiger partial charge >= 0.3 is 5.97 Å². The van der Waals surface area contributed by atoms with Crippen LogP contribution in [0.2, 0.25) is 0 Å². The molecule has 1 aromatic carbocycles. The minimum absolute atomic E-state index is 0.101. The number of benzene rings is 1. The van der Waals surface area contributed by atoms with Crippen LogP contribution in [0, 0.1) is 0 Å². The van der Waals surface area contributed by atoms with Crippen LogP contribution in [0.25, 0.3) is 0 Å². The van der Waals surface area contributed by atoms with E-state index in [-0.39, 0.29) is 23.1 Å². The molecule has 21 heavy (non-hydrogen) atoms. The first-order valence-electron chi connectivity index (χ1n) is 6.94. The Hall–Kier alpha value is -1.76. The predicted molar refractivity (Wildman–Crippen MR) is 77.9 cm³/mol. The number of aromatic carboxylic acids is 1. The Balaban J connectivity index is 1.97. The molecule has 0 radical (unpaired) electrons. The summed E-state index contributed by atoms with van der Waals surface area (Å²) >= 11 is 0. The van der Waals surface area contributed by atoms with Crippen molar-refractivity contribution in [3.05, 3.63) is 23.8 Å². The van der Waals surface area contributed by atoms with E-state index in [4.69, 9.17) is 4.74 Å². The average Bonchev–Trinajstić information content (AvgIpc) is 2.44. The van der Waals surface area contributed by atoms with Crippen molar-refractivity contribution in [3.63, 3.8) is 0 Å². The maximum atomic E-state index is 11.8. The summed E-state index contributed by atoms with van der Waals surface area (Å²) in [5, 5.41) is 9.23. The zero-order chi connectivity index (χ0) is 15.0. The van der Waals surface area contributed by atoms with Crippen molar-refractivity contribution in [2.24, 2.45) is 0 Å². The summed E-state index contributed by atoms with van der Waals surface area (Å²) < 4.78 is 29.2. The van der Waals surface area contributed by atoms with Crippen LogP contribution in [0.5, 0.6) is 5.75 Å².